The van der Waals surface area contributed by atoms with Crippen molar-refractivity contribution in [3.05, 3.63) is 57.1 Å². The predicted molar refractivity (Wildman–Crippen MR) is 115 cm³/mol. The first-order chi connectivity index (χ1) is 14.0. The SMILES string of the molecule is O=C(Cn1c(-c2cccs2)n[nH]c1=S)N1CCN(C(=O)c2ccc(Cl)cc2)CC1. The topological polar surface area (TPSA) is 74.2 Å². The lowest BCUT2D eigenvalue weighted by Gasteiger charge is -2.35. The smallest absolute Gasteiger partial charge is 0.253 e. The van der Waals surface area contributed by atoms with Crippen LogP contribution in [-0.2, 0) is 11.3 Å². The lowest BCUT2D eigenvalue weighted by Crippen LogP contribution is -2.51. The third kappa shape index (κ3) is 4.26. The van der Waals surface area contributed by atoms with Crippen molar-refractivity contribution in [2.24, 2.45) is 0 Å². The Morgan fingerprint density at radius 1 is 1.10 bits per heavy atom. The molecule has 150 valence electrons. The Bertz CT molecular complexity index is 1070. The van der Waals surface area contributed by atoms with Gasteiger partial charge in [0, 0.05) is 36.8 Å². The lowest BCUT2D eigenvalue weighted by atomic mass is 10.2. The number of carbonyl (C=O) groups excluding carboxylic acids is 2. The van der Waals surface area contributed by atoms with Crippen LogP contribution in [0.25, 0.3) is 10.7 Å². The number of aromatic amines is 1. The molecule has 0 radical (unpaired) electrons. The molecule has 4 rings (SSSR count). The number of piperazine rings is 1. The van der Waals surface area contributed by atoms with E-state index in [1.54, 1.807) is 50.0 Å². The highest BCUT2D eigenvalue weighted by molar-refractivity contribution is 7.71. The second kappa shape index (κ2) is 8.48. The van der Waals surface area contributed by atoms with Crippen LogP contribution in [0.5, 0.6) is 0 Å². The first kappa shape index (κ1) is 19.8. The Morgan fingerprint density at radius 3 is 2.45 bits per heavy atom. The fourth-order valence-corrected chi connectivity index (χ4v) is 4.27. The summed E-state index contributed by atoms with van der Waals surface area (Å²) in [5, 5.41) is 9.57. The summed E-state index contributed by atoms with van der Waals surface area (Å²) >= 11 is 12.7. The first-order valence-electron chi connectivity index (χ1n) is 9.04. The fourth-order valence-electron chi connectivity index (χ4n) is 3.23. The van der Waals surface area contributed by atoms with E-state index in [0.717, 1.165) is 4.88 Å². The van der Waals surface area contributed by atoms with Crippen molar-refractivity contribution in [3.63, 3.8) is 0 Å². The second-order valence-electron chi connectivity index (χ2n) is 6.60. The van der Waals surface area contributed by atoms with Crippen LogP contribution in [0.4, 0.5) is 0 Å². The number of thiophene rings is 1. The van der Waals surface area contributed by atoms with Crippen LogP contribution in [0.1, 0.15) is 10.4 Å². The molecule has 1 saturated heterocycles. The molecule has 2 aromatic heterocycles. The zero-order valence-electron chi connectivity index (χ0n) is 15.4. The summed E-state index contributed by atoms with van der Waals surface area (Å²) in [4.78, 5) is 29.9. The summed E-state index contributed by atoms with van der Waals surface area (Å²) < 4.78 is 2.13. The molecule has 3 heterocycles. The van der Waals surface area contributed by atoms with Gasteiger partial charge in [0.05, 0.1) is 4.88 Å². The van der Waals surface area contributed by atoms with E-state index >= 15 is 0 Å². The zero-order valence-corrected chi connectivity index (χ0v) is 17.8. The van der Waals surface area contributed by atoms with Gasteiger partial charge in [-0.25, -0.2) is 0 Å². The number of hydrogen-bond acceptors (Lipinski definition) is 5. The minimum Gasteiger partial charge on any atom is -0.338 e. The van der Waals surface area contributed by atoms with Crippen LogP contribution in [0.3, 0.4) is 0 Å². The number of hydrogen-bond donors (Lipinski definition) is 1. The molecule has 1 fully saturated rings. The van der Waals surface area contributed by atoms with E-state index in [0.29, 0.717) is 47.4 Å². The van der Waals surface area contributed by atoms with Gasteiger partial charge >= 0.3 is 0 Å². The van der Waals surface area contributed by atoms with Gasteiger partial charge in [-0.15, -0.1) is 11.3 Å². The standard InChI is InChI=1S/C19H18ClN5O2S2/c20-14-5-3-13(4-6-14)18(27)24-9-7-23(8-10-24)16(26)12-25-17(21-22-19(25)28)15-2-1-11-29-15/h1-6,11H,7-10,12H2,(H,22,28). The number of H-pyrrole nitrogens is 1. The molecule has 2 amide bonds. The number of benzene rings is 1. The summed E-state index contributed by atoms with van der Waals surface area (Å²) in [5.41, 5.74) is 0.597. The quantitative estimate of drug-likeness (QED) is 0.623. The molecule has 29 heavy (non-hydrogen) atoms. The van der Waals surface area contributed by atoms with Gasteiger partial charge < -0.3 is 9.80 Å². The number of aromatic nitrogens is 3. The lowest BCUT2D eigenvalue weighted by molar-refractivity contribution is -0.133. The summed E-state index contributed by atoms with van der Waals surface area (Å²) in [6.07, 6.45) is 0. The van der Waals surface area contributed by atoms with E-state index < -0.39 is 0 Å². The normalized spacial score (nSPS) is 14.2. The highest BCUT2D eigenvalue weighted by Gasteiger charge is 2.25. The van der Waals surface area contributed by atoms with E-state index in [1.807, 2.05) is 17.5 Å². The number of carbonyl (C=O) groups is 2. The van der Waals surface area contributed by atoms with Crippen LogP contribution in [0, 0.1) is 4.77 Å². The van der Waals surface area contributed by atoms with Gasteiger partial charge in [-0.1, -0.05) is 17.7 Å². The molecular weight excluding hydrogens is 430 g/mol. The monoisotopic (exact) mass is 447 g/mol. The van der Waals surface area contributed by atoms with Crippen LogP contribution in [0.15, 0.2) is 41.8 Å². The number of nitrogens with zero attached hydrogens (tertiary/aromatic N) is 4. The minimum atomic E-state index is -0.0502. The molecule has 0 unspecified atom stereocenters. The van der Waals surface area contributed by atoms with Crippen LogP contribution in [-0.4, -0.2) is 62.6 Å². The van der Waals surface area contributed by atoms with Gasteiger partial charge in [0.25, 0.3) is 5.91 Å². The molecule has 10 heteroatoms. The Hall–Kier alpha value is -2.49. The minimum absolute atomic E-state index is 0.0427. The van der Waals surface area contributed by atoms with Gasteiger partial charge in [-0.05, 0) is 47.9 Å². The number of halogens is 1. The maximum absolute atomic E-state index is 12.8. The third-order valence-corrected chi connectivity index (χ3v) is 6.23. The van der Waals surface area contributed by atoms with Crippen molar-refractivity contribution in [2.45, 2.75) is 6.54 Å². The maximum Gasteiger partial charge on any atom is 0.253 e. The van der Waals surface area contributed by atoms with E-state index in [9.17, 15) is 9.59 Å². The number of amides is 2. The molecule has 7 nitrogen and oxygen atoms in total. The Kier molecular flexibility index (Phi) is 5.79. The van der Waals surface area contributed by atoms with Gasteiger partial charge in [0.15, 0.2) is 10.6 Å². The Balaban J connectivity index is 1.39. The molecule has 1 N–H and O–H groups in total. The molecule has 0 saturated carbocycles. The number of rotatable bonds is 4. The average Bonchev–Trinajstić information content (AvgIpc) is 3.38. The Morgan fingerprint density at radius 2 is 1.79 bits per heavy atom. The molecule has 1 aromatic carbocycles. The highest BCUT2D eigenvalue weighted by atomic mass is 35.5. The molecule has 0 spiro atoms. The molecule has 0 bridgehead atoms. The van der Waals surface area contributed by atoms with Crippen LogP contribution >= 0.6 is 35.2 Å². The van der Waals surface area contributed by atoms with Gasteiger partial charge in [0.2, 0.25) is 5.91 Å². The first-order valence-corrected chi connectivity index (χ1v) is 10.7. The maximum atomic E-state index is 12.8. The Labute approximate surface area is 181 Å². The van der Waals surface area contributed by atoms with Crippen LogP contribution < -0.4 is 0 Å². The second-order valence-corrected chi connectivity index (χ2v) is 8.37. The predicted octanol–water partition coefficient (Wildman–Crippen LogP) is 3.31. The fraction of sp³-hybridized carbons (Fsp3) is 0.263. The van der Waals surface area contributed by atoms with Crippen molar-refractivity contribution in [3.8, 4) is 10.7 Å². The van der Waals surface area contributed by atoms with Crippen molar-refractivity contribution in [1.29, 1.82) is 0 Å². The average molecular weight is 448 g/mol. The highest BCUT2D eigenvalue weighted by Crippen LogP contribution is 2.23. The summed E-state index contributed by atoms with van der Waals surface area (Å²) in [6.45, 7) is 2.06. The number of nitrogens with one attached hydrogen (secondary N) is 1. The van der Waals surface area contributed by atoms with Crippen LogP contribution in [0.2, 0.25) is 5.02 Å². The van der Waals surface area contributed by atoms with Gasteiger partial charge in [-0.3, -0.25) is 19.3 Å². The van der Waals surface area contributed by atoms with E-state index in [4.69, 9.17) is 23.8 Å². The van der Waals surface area contributed by atoms with Crippen molar-refractivity contribution in [1.82, 2.24) is 24.6 Å². The summed E-state index contributed by atoms with van der Waals surface area (Å²) in [6, 6.07) is 10.7. The summed E-state index contributed by atoms with van der Waals surface area (Å²) in [7, 11) is 0. The van der Waals surface area contributed by atoms with Gasteiger partial charge in [-0.2, -0.15) is 5.10 Å². The zero-order chi connectivity index (χ0) is 20.4. The van der Waals surface area contributed by atoms with Gasteiger partial charge in [0.1, 0.15) is 6.54 Å². The molecule has 1 aliphatic heterocycles. The third-order valence-electron chi connectivity index (χ3n) is 4.80. The van der Waals surface area contributed by atoms with Crippen molar-refractivity contribution < 1.29 is 9.59 Å². The largest absolute Gasteiger partial charge is 0.338 e. The van der Waals surface area contributed by atoms with E-state index in [2.05, 4.69) is 10.2 Å². The van der Waals surface area contributed by atoms with Crippen molar-refractivity contribution in [2.75, 3.05) is 26.2 Å². The molecule has 0 atom stereocenters. The molecule has 0 aliphatic carbocycles. The molecular formula is C19H18ClN5O2S2. The van der Waals surface area contributed by atoms with E-state index in [-0.39, 0.29) is 18.4 Å². The molecule has 1 aliphatic rings. The summed E-state index contributed by atoms with van der Waals surface area (Å²) in [5.74, 6) is 0.569. The van der Waals surface area contributed by atoms with Crippen molar-refractivity contribution >= 4 is 47.0 Å². The molecule has 3 aromatic rings. The van der Waals surface area contributed by atoms with E-state index in [1.165, 1.54) is 0 Å².